The Balaban J connectivity index is 2.44. The molecule has 0 fully saturated rings. The fourth-order valence-corrected chi connectivity index (χ4v) is 1.86. The first-order valence-electron chi connectivity index (χ1n) is 5.16. The van der Waals surface area contributed by atoms with Gasteiger partial charge in [0, 0.05) is 24.9 Å². The average molecular weight is 203 g/mol. The van der Waals surface area contributed by atoms with Gasteiger partial charge in [-0.3, -0.25) is 9.59 Å². The molecule has 0 radical (unpaired) electrons. The first-order valence-corrected chi connectivity index (χ1v) is 5.16. The third-order valence-corrected chi connectivity index (χ3v) is 2.66. The SMILES string of the molecule is CCC(=O)N1CCC(=O)c2ccccc21. The molecule has 0 atom stereocenters. The second-order valence-corrected chi connectivity index (χ2v) is 3.59. The summed E-state index contributed by atoms with van der Waals surface area (Å²) in [6, 6.07) is 7.30. The van der Waals surface area contributed by atoms with Crippen molar-refractivity contribution in [1.29, 1.82) is 0 Å². The number of fused-ring (bicyclic) bond motifs is 1. The fourth-order valence-electron chi connectivity index (χ4n) is 1.86. The van der Waals surface area contributed by atoms with E-state index in [0.29, 0.717) is 24.9 Å². The summed E-state index contributed by atoms with van der Waals surface area (Å²) in [5.41, 5.74) is 1.44. The number of benzene rings is 1. The zero-order valence-electron chi connectivity index (χ0n) is 8.69. The molecule has 2 rings (SSSR count). The van der Waals surface area contributed by atoms with Gasteiger partial charge in [0.15, 0.2) is 5.78 Å². The zero-order valence-corrected chi connectivity index (χ0v) is 8.69. The molecule has 0 N–H and O–H groups in total. The maximum absolute atomic E-state index is 11.7. The molecule has 1 aliphatic heterocycles. The monoisotopic (exact) mass is 203 g/mol. The van der Waals surface area contributed by atoms with Crippen LogP contribution in [-0.4, -0.2) is 18.2 Å². The van der Waals surface area contributed by atoms with Crippen molar-refractivity contribution in [2.24, 2.45) is 0 Å². The van der Waals surface area contributed by atoms with E-state index in [-0.39, 0.29) is 11.7 Å². The van der Waals surface area contributed by atoms with Crippen molar-refractivity contribution in [2.45, 2.75) is 19.8 Å². The average Bonchev–Trinajstić information content (AvgIpc) is 2.29. The number of carbonyl (C=O) groups is 2. The van der Waals surface area contributed by atoms with Crippen molar-refractivity contribution >= 4 is 17.4 Å². The maximum Gasteiger partial charge on any atom is 0.226 e. The van der Waals surface area contributed by atoms with Gasteiger partial charge in [0.2, 0.25) is 5.91 Å². The number of Topliss-reactive ketones (excluding diaryl/α,β-unsaturated/α-hetero) is 1. The van der Waals surface area contributed by atoms with Gasteiger partial charge < -0.3 is 4.90 Å². The normalized spacial score (nSPS) is 15.0. The summed E-state index contributed by atoms with van der Waals surface area (Å²) in [5, 5.41) is 0. The number of hydrogen-bond donors (Lipinski definition) is 0. The molecule has 15 heavy (non-hydrogen) atoms. The van der Waals surface area contributed by atoms with Gasteiger partial charge in [-0.1, -0.05) is 19.1 Å². The molecule has 0 bridgehead atoms. The molecule has 1 amide bonds. The zero-order chi connectivity index (χ0) is 10.8. The van der Waals surface area contributed by atoms with E-state index in [0.717, 1.165) is 5.69 Å². The molecule has 0 spiro atoms. The van der Waals surface area contributed by atoms with Crippen LogP contribution in [0.25, 0.3) is 0 Å². The van der Waals surface area contributed by atoms with E-state index in [2.05, 4.69) is 0 Å². The number of anilines is 1. The van der Waals surface area contributed by atoms with Crippen LogP contribution in [0.15, 0.2) is 24.3 Å². The Morgan fingerprint density at radius 1 is 1.40 bits per heavy atom. The Labute approximate surface area is 88.7 Å². The predicted octanol–water partition coefficient (Wildman–Crippen LogP) is 2.02. The predicted molar refractivity (Wildman–Crippen MR) is 58.0 cm³/mol. The molecule has 0 aromatic heterocycles. The minimum atomic E-state index is 0.0787. The van der Waals surface area contributed by atoms with E-state index in [1.807, 2.05) is 25.1 Å². The Hall–Kier alpha value is -1.64. The van der Waals surface area contributed by atoms with Crippen LogP contribution in [0, 0.1) is 0 Å². The maximum atomic E-state index is 11.7. The number of amides is 1. The number of ketones is 1. The lowest BCUT2D eigenvalue weighted by Crippen LogP contribution is -2.36. The summed E-state index contributed by atoms with van der Waals surface area (Å²) in [6.45, 7) is 2.35. The van der Waals surface area contributed by atoms with Crippen molar-refractivity contribution in [3.8, 4) is 0 Å². The number of para-hydroxylation sites is 1. The summed E-state index contributed by atoms with van der Waals surface area (Å²) < 4.78 is 0. The van der Waals surface area contributed by atoms with E-state index < -0.39 is 0 Å². The van der Waals surface area contributed by atoms with Crippen molar-refractivity contribution in [3.63, 3.8) is 0 Å². The van der Waals surface area contributed by atoms with Gasteiger partial charge >= 0.3 is 0 Å². The lowest BCUT2D eigenvalue weighted by molar-refractivity contribution is -0.118. The van der Waals surface area contributed by atoms with E-state index in [4.69, 9.17) is 0 Å². The van der Waals surface area contributed by atoms with Gasteiger partial charge in [-0.25, -0.2) is 0 Å². The minimum absolute atomic E-state index is 0.0787. The third-order valence-electron chi connectivity index (χ3n) is 2.66. The van der Waals surface area contributed by atoms with E-state index >= 15 is 0 Å². The fraction of sp³-hybridized carbons (Fsp3) is 0.333. The Morgan fingerprint density at radius 2 is 2.13 bits per heavy atom. The van der Waals surface area contributed by atoms with Crippen molar-refractivity contribution in [1.82, 2.24) is 0 Å². The first-order chi connectivity index (χ1) is 7.24. The van der Waals surface area contributed by atoms with Gasteiger partial charge in [0.25, 0.3) is 0 Å². The Morgan fingerprint density at radius 3 is 2.87 bits per heavy atom. The number of hydrogen-bond acceptors (Lipinski definition) is 2. The summed E-state index contributed by atoms with van der Waals surface area (Å²) in [7, 11) is 0. The highest BCUT2D eigenvalue weighted by Gasteiger charge is 2.25. The molecular formula is C12H13NO2. The van der Waals surface area contributed by atoms with Gasteiger partial charge in [0.1, 0.15) is 0 Å². The molecule has 0 saturated carbocycles. The molecule has 78 valence electrons. The van der Waals surface area contributed by atoms with Crippen molar-refractivity contribution in [3.05, 3.63) is 29.8 Å². The van der Waals surface area contributed by atoms with Crippen LogP contribution in [0.5, 0.6) is 0 Å². The quantitative estimate of drug-likeness (QED) is 0.700. The molecule has 0 unspecified atom stereocenters. The van der Waals surface area contributed by atoms with Gasteiger partial charge in [-0.05, 0) is 12.1 Å². The van der Waals surface area contributed by atoms with Gasteiger partial charge in [0.05, 0.1) is 5.69 Å². The molecule has 3 heteroatoms. The number of rotatable bonds is 1. The number of nitrogens with zero attached hydrogens (tertiary/aromatic N) is 1. The van der Waals surface area contributed by atoms with Crippen LogP contribution in [-0.2, 0) is 4.79 Å². The topological polar surface area (TPSA) is 37.4 Å². The van der Waals surface area contributed by atoms with Crippen LogP contribution >= 0.6 is 0 Å². The second-order valence-electron chi connectivity index (χ2n) is 3.59. The largest absolute Gasteiger partial charge is 0.311 e. The first kappa shape index (κ1) is 9.90. The molecular weight excluding hydrogens is 190 g/mol. The van der Waals surface area contributed by atoms with Crippen molar-refractivity contribution < 1.29 is 9.59 Å². The molecule has 1 aliphatic rings. The highest BCUT2D eigenvalue weighted by Crippen LogP contribution is 2.26. The summed E-state index contributed by atoms with van der Waals surface area (Å²) in [6.07, 6.45) is 0.908. The van der Waals surface area contributed by atoms with Crippen LogP contribution in [0.2, 0.25) is 0 Å². The number of carbonyl (C=O) groups excluding carboxylic acids is 2. The Bertz CT molecular complexity index is 412. The molecule has 1 aromatic rings. The van der Waals surface area contributed by atoms with Gasteiger partial charge in [-0.2, -0.15) is 0 Å². The standard InChI is InChI=1S/C12H13NO2/c1-2-12(15)13-8-7-11(14)9-5-3-4-6-10(9)13/h3-6H,2,7-8H2,1H3. The highest BCUT2D eigenvalue weighted by atomic mass is 16.2. The van der Waals surface area contributed by atoms with Crippen LogP contribution < -0.4 is 4.90 Å². The molecule has 1 aromatic carbocycles. The molecule has 0 saturated heterocycles. The summed E-state index contributed by atoms with van der Waals surface area (Å²) >= 11 is 0. The van der Waals surface area contributed by atoms with Crippen molar-refractivity contribution in [2.75, 3.05) is 11.4 Å². The second kappa shape index (κ2) is 3.85. The van der Waals surface area contributed by atoms with Crippen LogP contribution in [0.3, 0.4) is 0 Å². The minimum Gasteiger partial charge on any atom is -0.311 e. The highest BCUT2D eigenvalue weighted by molar-refractivity contribution is 6.08. The van der Waals surface area contributed by atoms with Gasteiger partial charge in [-0.15, -0.1) is 0 Å². The van der Waals surface area contributed by atoms with E-state index in [1.54, 1.807) is 11.0 Å². The third kappa shape index (κ3) is 1.65. The molecule has 3 nitrogen and oxygen atoms in total. The summed E-state index contributed by atoms with van der Waals surface area (Å²) in [4.78, 5) is 25.0. The van der Waals surface area contributed by atoms with E-state index in [1.165, 1.54) is 0 Å². The smallest absolute Gasteiger partial charge is 0.226 e. The van der Waals surface area contributed by atoms with E-state index in [9.17, 15) is 9.59 Å². The summed E-state index contributed by atoms with van der Waals surface area (Å²) in [5.74, 6) is 0.209. The Kier molecular flexibility index (Phi) is 2.54. The lowest BCUT2D eigenvalue weighted by atomic mass is 10.0. The molecule has 0 aliphatic carbocycles. The van der Waals surface area contributed by atoms with Crippen LogP contribution in [0.1, 0.15) is 30.1 Å². The van der Waals surface area contributed by atoms with Crippen LogP contribution in [0.4, 0.5) is 5.69 Å². The molecule has 1 heterocycles. The lowest BCUT2D eigenvalue weighted by Gasteiger charge is -2.28.